The van der Waals surface area contributed by atoms with E-state index in [4.69, 9.17) is 0 Å². The van der Waals surface area contributed by atoms with Crippen molar-refractivity contribution in [2.45, 2.75) is 19.3 Å². The molecule has 2 aromatic carbocycles. The molecule has 2 nitrogen and oxygen atoms in total. The van der Waals surface area contributed by atoms with Crippen molar-refractivity contribution in [3.05, 3.63) is 70.8 Å². The number of halogens is 2. The van der Waals surface area contributed by atoms with Gasteiger partial charge in [-0.15, -0.1) is 0 Å². The molecular weight excluding hydrogens is 262 g/mol. The van der Waals surface area contributed by atoms with Gasteiger partial charge in [-0.1, -0.05) is 35.9 Å². The number of aliphatic carboxylic acids is 1. The number of hydrogen-bond acceptors (Lipinski definition) is 1. The molecule has 0 bridgehead atoms. The summed E-state index contributed by atoms with van der Waals surface area (Å²) in [4.78, 5) is 11.4. The minimum atomic E-state index is -1.10. The Bertz CT molecular complexity index is 618. The number of aryl methyl sites for hydroxylation is 1. The van der Waals surface area contributed by atoms with Gasteiger partial charge in [0.1, 0.15) is 11.6 Å². The second-order valence-corrected chi connectivity index (χ2v) is 4.71. The zero-order valence-corrected chi connectivity index (χ0v) is 10.9. The topological polar surface area (TPSA) is 37.3 Å². The lowest BCUT2D eigenvalue weighted by Gasteiger charge is -2.14. The summed E-state index contributed by atoms with van der Waals surface area (Å²) in [6.45, 7) is 1.84. The first-order valence-electron chi connectivity index (χ1n) is 6.21. The smallest absolute Gasteiger partial charge is 0.311 e. The fourth-order valence-corrected chi connectivity index (χ4v) is 2.17. The van der Waals surface area contributed by atoms with Crippen LogP contribution >= 0.6 is 0 Å². The minimum absolute atomic E-state index is 0.193. The van der Waals surface area contributed by atoms with E-state index in [1.807, 2.05) is 13.0 Å². The van der Waals surface area contributed by atoms with Crippen molar-refractivity contribution >= 4 is 5.97 Å². The molecular formula is C16H14F2O2. The van der Waals surface area contributed by atoms with Gasteiger partial charge in [0, 0.05) is 5.56 Å². The number of hydrogen-bond donors (Lipinski definition) is 1. The van der Waals surface area contributed by atoms with Crippen LogP contribution in [0.3, 0.4) is 0 Å². The molecule has 0 aromatic heterocycles. The van der Waals surface area contributed by atoms with Gasteiger partial charge in [0.15, 0.2) is 0 Å². The van der Waals surface area contributed by atoms with Crippen LogP contribution in [0.2, 0.25) is 0 Å². The van der Waals surface area contributed by atoms with Crippen molar-refractivity contribution < 1.29 is 18.7 Å². The van der Waals surface area contributed by atoms with E-state index in [9.17, 15) is 18.7 Å². The molecule has 2 rings (SSSR count). The second-order valence-electron chi connectivity index (χ2n) is 4.71. The van der Waals surface area contributed by atoms with Crippen LogP contribution in [0.4, 0.5) is 8.78 Å². The lowest BCUT2D eigenvalue weighted by atomic mass is 9.91. The fraction of sp³-hybridized carbons (Fsp3) is 0.188. The Morgan fingerprint density at radius 1 is 1.15 bits per heavy atom. The maximum Gasteiger partial charge on any atom is 0.311 e. The van der Waals surface area contributed by atoms with E-state index in [0.717, 1.165) is 17.7 Å². The lowest BCUT2D eigenvalue weighted by molar-refractivity contribution is -0.138. The van der Waals surface area contributed by atoms with Crippen LogP contribution in [0.1, 0.15) is 22.6 Å². The lowest BCUT2D eigenvalue weighted by Crippen LogP contribution is -2.16. The highest BCUT2D eigenvalue weighted by atomic mass is 19.1. The molecule has 0 amide bonds. The van der Waals surface area contributed by atoms with Crippen LogP contribution < -0.4 is 0 Å². The molecule has 1 unspecified atom stereocenters. The second kappa shape index (κ2) is 5.82. The summed E-state index contributed by atoms with van der Waals surface area (Å²) in [6, 6.07) is 10.5. The predicted octanol–water partition coefficient (Wildman–Crippen LogP) is 3.68. The molecule has 0 aliphatic carbocycles. The van der Waals surface area contributed by atoms with Crippen LogP contribution in [0, 0.1) is 18.6 Å². The average Bonchev–Trinajstić information content (AvgIpc) is 2.38. The number of carboxylic acids is 1. The van der Waals surface area contributed by atoms with Crippen LogP contribution in [0.25, 0.3) is 0 Å². The third-order valence-corrected chi connectivity index (χ3v) is 3.21. The summed E-state index contributed by atoms with van der Waals surface area (Å²) >= 11 is 0. The summed E-state index contributed by atoms with van der Waals surface area (Å²) in [7, 11) is 0. The number of carbonyl (C=O) groups is 1. The van der Waals surface area contributed by atoms with Crippen molar-refractivity contribution in [1.82, 2.24) is 0 Å². The van der Waals surface area contributed by atoms with Gasteiger partial charge in [-0.05, 0) is 31.0 Å². The number of benzene rings is 2. The molecule has 104 valence electrons. The summed E-state index contributed by atoms with van der Waals surface area (Å²) in [5.74, 6) is -3.51. The molecule has 0 aliphatic heterocycles. The van der Waals surface area contributed by atoms with E-state index < -0.39 is 23.5 Å². The fourth-order valence-electron chi connectivity index (χ4n) is 2.17. The highest BCUT2D eigenvalue weighted by Crippen LogP contribution is 2.25. The van der Waals surface area contributed by atoms with E-state index in [2.05, 4.69) is 0 Å². The Morgan fingerprint density at radius 2 is 1.75 bits per heavy atom. The molecule has 0 fully saturated rings. The molecule has 4 heteroatoms. The summed E-state index contributed by atoms with van der Waals surface area (Å²) in [5.41, 5.74) is 1.25. The molecule has 0 saturated carbocycles. The van der Waals surface area contributed by atoms with Gasteiger partial charge in [-0.3, -0.25) is 4.79 Å². The standard InChI is InChI=1S/C16H14F2O2/c1-10-4-2-5-11(8-10)12(16(19)20)9-13-14(17)6-3-7-15(13)18/h2-8,12H,9H2,1H3,(H,19,20). The zero-order chi connectivity index (χ0) is 14.7. The normalized spacial score (nSPS) is 12.2. The van der Waals surface area contributed by atoms with Crippen molar-refractivity contribution in [2.75, 3.05) is 0 Å². The van der Waals surface area contributed by atoms with E-state index in [-0.39, 0.29) is 12.0 Å². The van der Waals surface area contributed by atoms with E-state index in [0.29, 0.717) is 5.56 Å². The molecule has 0 radical (unpaired) electrons. The molecule has 1 atom stereocenters. The van der Waals surface area contributed by atoms with E-state index in [1.165, 1.54) is 6.07 Å². The first-order chi connectivity index (χ1) is 9.49. The Kier molecular flexibility index (Phi) is 4.13. The van der Waals surface area contributed by atoms with Crippen LogP contribution in [-0.4, -0.2) is 11.1 Å². The van der Waals surface area contributed by atoms with Gasteiger partial charge in [0.2, 0.25) is 0 Å². The first kappa shape index (κ1) is 14.2. The molecule has 0 aliphatic rings. The largest absolute Gasteiger partial charge is 0.481 e. The summed E-state index contributed by atoms with van der Waals surface area (Å²) < 4.78 is 27.3. The Labute approximate surface area is 115 Å². The molecule has 0 heterocycles. The Balaban J connectivity index is 2.38. The first-order valence-corrected chi connectivity index (χ1v) is 6.21. The molecule has 1 N–H and O–H groups in total. The van der Waals surface area contributed by atoms with Crippen LogP contribution in [0.5, 0.6) is 0 Å². The van der Waals surface area contributed by atoms with Gasteiger partial charge >= 0.3 is 5.97 Å². The van der Waals surface area contributed by atoms with Crippen molar-refractivity contribution in [3.63, 3.8) is 0 Å². The quantitative estimate of drug-likeness (QED) is 0.924. The maximum absolute atomic E-state index is 13.6. The highest BCUT2D eigenvalue weighted by molar-refractivity contribution is 5.76. The van der Waals surface area contributed by atoms with Crippen LogP contribution in [0.15, 0.2) is 42.5 Å². The molecule has 20 heavy (non-hydrogen) atoms. The van der Waals surface area contributed by atoms with E-state index >= 15 is 0 Å². The number of carboxylic acid groups (broad SMARTS) is 1. The third-order valence-electron chi connectivity index (χ3n) is 3.21. The van der Waals surface area contributed by atoms with E-state index in [1.54, 1.807) is 18.2 Å². The Hall–Kier alpha value is -2.23. The Morgan fingerprint density at radius 3 is 2.30 bits per heavy atom. The third kappa shape index (κ3) is 3.02. The minimum Gasteiger partial charge on any atom is -0.481 e. The molecule has 0 saturated heterocycles. The van der Waals surface area contributed by atoms with Crippen molar-refractivity contribution in [3.8, 4) is 0 Å². The molecule has 2 aromatic rings. The average molecular weight is 276 g/mol. The van der Waals surface area contributed by atoms with Gasteiger partial charge in [-0.25, -0.2) is 8.78 Å². The van der Waals surface area contributed by atoms with Gasteiger partial charge in [-0.2, -0.15) is 0 Å². The monoisotopic (exact) mass is 276 g/mol. The van der Waals surface area contributed by atoms with Crippen molar-refractivity contribution in [2.24, 2.45) is 0 Å². The van der Waals surface area contributed by atoms with Gasteiger partial charge in [0.05, 0.1) is 5.92 Å². The van der Waals surface area contributed by atoms with Crippen LogP contribution in [-0.2, 0) is 11.2 Å². The van der Waals surface area contributed by atoms with Gasteiger partial charge < -0.3 is 5.11 Å². The molecule has 0 spiro atoms. The maximum atomic E-state index is 13.6. The number of rotatable bonds is 4. The van der Waals surface area contributed by atoms with Crippen molar-refractivity contribution in [1.29, 1.82) is 0 Å². The SMILES string of the molecule is Cc1cccc(C(Cc2c(F)cccc2F)C(=O)O)c1. The zero-order valence-electron chi connectivity index (χ0n) is 10.9. The summed E-state index contributed by atoms with van der Waals surface area (Å²) in [6.07, 6.45) is -0.211. The highest BCUT2D eigenvalue weighted by Gasteiger charge is 2.23. The predicted molar refractivity (Wildman–Crippen MR) is 71.6 cm³/mol. The van der Waals surface area contributed by atoms with Gasteiger partial charge in [0.25, 0.3) is 0 Å². The summed E-state index contributed by atoms with van der Waals surface area (Å²) in [5, 5.41) is 9.32.